The minimum Gasteiger partial charge on any atom is -0.480 e. The summed E-state index contributed by atoms with van der Waals surface area (Å²) in [4.78, 5) is 12.5. The number of nitrogens with one attached hydrogen (secondary N) is 1. The molecular formula is C13H16N2O3S. The first-order valence-corrected chi connectivity index (χ1v) is 6.51. The Morgan fingerprint density at radius 2 is 2.05 bits per heavy atom. The number of thiocarbonyl (C=S) groups is 1. The van der Waals surface area contributed by atoms with Crippen molar-refractivity contribution in [3.05, 3.63) is 35.9 Å². The number of hydrogen-bond donors (Lipinski definition) is 3. The number of rotatable bonds is 3. The third kappa shape index (κ3) is 3.21. The second kappa shape index (κ2) is 5.99. The van der Waals surface area contributed by atoms with Crippen LogP contribution in [0.2, 0.25) is 0 Å². The van der Waals surface area contributed by atoms with Crippen molar-refractivity contribution in [3.63, 3.8) is 0 Å². The van der Waals surface area contributed by atoms with Crippen molar-refractivity contribution in [3.8, 4) is 0 Å². The number of likely N-dealkylation sites (tertiary alicyclic amines) is 1. The van der Waals surface area contributed by atoms with Crippen molar-refractivity contribution in [1.82, 2.24) is 10.2 Å². The second-order valence-electron chi connectivity index (χ2n) is 4.46. The van der Waals surface area contributed by atoms with E-state index < -0.39 is 18.2 Å². The van der Waals surface area contributed by atoms with E-state index in [1.165, 1.54) is 4.90 Å². The van der Waals surface area contributed by atoms with Crippen LogP contribution < -0.4 is 5.32 Å². The highest BCUT2D eigenvalue weighted by Crippen LogP contribution is 2.22. The van der Waals surface area contributed by atoms with Crippen LogP contribution in [0.25, 0.3) is 0 Å². The van der Waals surface area contributed by atoms with E-state index in [0.29, 0.717) is 19.4 Å². The molecule has 1 aliphatic heterocycles. The van der Waals surface area contributed by atoms with Crippen molar-refractivity contribution in [2.75, 3.05) is 0 Å². The predicted octanol–water partition coefficient (Wildman–Crippen LogP) is 0.928. The molecule has 102 valence electrons. The van der Waals surface area contributed by atoms with Gasteiger partial charge in [-0.25, -0.2) is 4.79 Å². The third-order valence-electron chi connectivity index (χ3n) is 3.16. The molecular weight excluding hydrogens is 264 g/mol. The van der Waals surface area contributed by atoms with Gasteiger partial charge in [0.2, 0.25) is 0 Å². The number of carboxylic acid groups (broad SMARTS) is 1. The predicted molar refractivity (Wildman–Crippen MR) is 74.4 cm³/mol. The molecule has 0 bridgehead atoms. The molecule has 19 heavy (non-hydrogen) atoms. The summed E-state index contributed by atoms with van der Waals surface area (Å²) in [6.45, 7) is 0.509. The fraction of sp³-hybridized carbons (Fsp3) is 0.385. The first-order valence-electron chi connectivity index (χ1n) is 6.10. The molecule has 1 saturated heterocycles. The molecule has 0 aromatic heterocycles. The Labute approximate surface area is 116 Å². The van der Waals surface area contributed by atoms with Crippen molar-refractivity contribution in [1.29, 1.82) is 0 Å². The lowest BCUT2D eigenvalue weighted by Crippen LogP contribution is -2.49. The van der Waals surface area contributed by atoms with Crippen LogP contribution >= 0.6 is 12.2 Å². The zero-order valence-electron chi connectivity index (χ0n) is 10.3. The second-order valence-corrected chi connectivity index (χ2v) is 4.85. The highest BCUT2D eigenvalue weighted by molar-refractivity contribution is 7.80. The van der Waals surface area contributed by atoms with Crippen LogP contribution in [0.1, 0.15) is 18.4 Å². The van der Waals surface area contributed by atoms with Gasteiger partial charge in [0.25, 0.3) is 0 Å². The molecule has 0 radical (unpaired) electrons. The molecule has 1 aromatic rings. The maximum atomic E-state index is 11.1. The SMILES string of the molecule is O=C(O)[C@@H]1CC[C@@H](O)N1C(=S)NCc1ccccc1. The summed E-state index contributed by atoms with van der Waals surface area (Å²) in [7, 11) is 0. The molecule has 0 spiro atoms. The topological polar surface area (TPSA) is 72.8 Å². The van der Waals surface area contributed by atoms with E-state index in [1.807, 2.05) is 30.3 Å². The normalized spacial score (nSPS) is 22.3. The van der Waals surface area contributed by atoms with Crippen LogP contribution in [-0.4, -0.2) is 38.5 Å². The van der Waals surface area contributed by atoms with Crippen molar-refractivity contribution in [2.45, 2.75) is 31.7 Å². The highest BCUT2D eigenvalue weighted by Gasteiger charge is 2.38. The van der Waals surface area contributed by atoms with Gasteiger partial charge < -0.3 is 20.4 Å². The number of carboxylic acids is 1. The van der Waals surface area contributed by atoms with E-state index in [9.17, 15) is 9.90 Å². The Morgan fingerprint density at radius 3 is 2.68 bits per heavy atom. The maximum Gasteiger partial charge on any atom is 0.326 e. The zero-order chi connectivity index (χ0) is 13.8. The summed E-state index contributed by atoms with van der Waals surface area (Å²) >= 11 is 5.18. The van der Waals surface area contributed by atoms with Gasteiger partial charge in [0.15, 0.2) is 5.11 Å². The van der Waals surface area contributed by atoms with Crippen LogP contribution in [-0.2, 0) is 11.3 Å². The van der Waals surface area contributed by atoms with Crippen LogP contribution in [0.4, 0.5) is 0 Å². The van der Waals surface area contributed by atoms with E-state index in [1.54, 1.807) is 0 Å². The summed E-state index contributed by atoms with van der Waals surface area (Å²) in [6.07, 6.45) is 0.00482. The average molecular weight is 280 g/mol. The van der Waals surface area contributed by atoms with Gasteiger partial charge in [-0.15, -0.1) is 0 Å². The number of benzene rings is 1. The minimum atomic E-state index is -0.958. The number of aliphatic hydroxyl groups is 1. The molecule has 2 rings (SSSR count). The molecule has 5 nitrogen and oxygen atoms in total. The van der Waals surface area contributed by atoms with Crippen molar-refractivity contribution in [2.24, 2.45) is 0 Å². The fourth-order valence-electron chi connectivity index (χ4n) is 2.18. The van der Waals surface area contributed by atoms with Crippen molar-refractivity contribution < 1.29 is 15.0 Å². The van der Waals surface area contributed by atoms with Crippen LogP contribution in [0.3, 0.4) is 0 Å². The van der Waals surface area contributed by atoms with Gasteiger partial charge in [-0.2, -0.15) is 0 Å². The van der Waals surface area contributed by atoms with E-state index in [-0.39, 0.29) is 5.11 Å². The summed E-state index contributed by atoms with van der Waals surface area (Å²) < 4.78 is 0. The fourth-order valence-corrected chi connectivity index (χ4v) is 2.50. The van der Waals surface area contributed by atoms with Gasteiger partial charge in [-0.3, -0.25) is 0 Å². The van der Waals surface area contributed by atoms with Gasteiger partial charge in [-0.05, 0) is 30.6 Å². The molecule has 1 fully saturated rings. The van der Waals surface area contributed by atoms with E-state index in [4.69, 9.17) is 17.3 Å². The lowest BCUT2D eigenvalue weighted by Gasteiger charge is -2.27. The quantitative estimate of drug-likeness (QED) is 0.715. The maximum absolute atomic E-state index is 11.1. The number of aliphatic hydroxyl groups excluding tert-OH is 1. The Morgan fingerprint density at radius 1 is 1.37 bits per heavy atom. The zero-order valence-corrected chi connectivity index (χ0v) is 11.1. The molecule has 6 heteroatoms. The Balaban J connectivity index is 1.97. The number of aliphatic carboxylic acids is 1. The summed E-state index contributed by atoms with van der Waals surface area (Å²) in [5, 5.41) is 22.2. The van der Waals surface area contributed by atoms with Crippen LogP contribution in [0.5, 0.6) is 0 Å². The average Bonchev–Trinajstić information content (AvgIpc) is 2.79. The van der Waals surface area contributed by atoms with E-state index in [0.717, 1.165) is 5.56 Å². The molecule has 0 unspecified atom stereocenters. The number of hydrogen-bond acceptors (Lipinski definition) is 3. The molecule has 1 aliphatic rings. The van der Waals surface area contributed by atoms with Crippen molar-refractivity contribution >= 4 is 23.3 Å². The van der Waals surface area contributed by atoms with Gasteiger partial charge in [0.05, 0.1) is 0 Å². The molecule has 2 atom stereocenters. The monoisotopic (exact) mass is 280 g/mol. The lowest BCUT2D eigenvalue weighted by atomic mass is 10.2. The molecule has 1 aromatic carbocycles. The third-order valence-corrected chi connectivity index (χ3v) is 3.52. The molecule has 1 heterocycles. The van der Waals surface area contributed by atoms with Gasteiger partial charge in [0, 0.05) is 6.54 Å². The Bertz CT molecular complexity index is 466. The molecule has 3 N–H and O–H groups in total. The summed E-state index contributed by atoms with van der Waals surface area (Å²) in [6, 6.07) is 8.92. The molecule has 0 saturated carbocycles. The summed E-state index contributed by atoms with van der Waals surface area (Å²) in [5.41, 5.74) is 1.05. The van der Waals surface area contributed by atoms with Gasteiger partial charge >= 0.3 is 5.97 Å². The number of nitrogens with zero attached hydrogens (tertiary/aromatic N) is 1. The smallest absolute Gasteiger partial charge is 0.326 e. The summed E-state index contributed by atoms with van der Waals surface area (Å²) in [5.74, 6) is -0.958. The first kappa shape index (κ1) is 13.8. The lowest BCUT2D eigenvalue weighted by molar-refractivity contribution is -0.142. The van der Waals surface area contributed by atoms with Gasteiger partial charge in [0.1, 0.15) is 12.3 Å². The van der Waals surface area contributed by atoms with Crippen LogP contribution in [0, 0.1) is 0 Å². The molecule has 0 amide bonds. The first-order chi connectivity index (χ1) is 9.09. The Kier molecular flexibility index (Phi) is 4.34. The highest BCUT2D eigenvalue weighted by atomic mass is 32.1. The standard InChI is InChI=1S/C13H16N2O3S/c16-11-7-6-10(12(17)18)15(11)13(19)14-8-9-4-2-1-3-5-9/h1-5,10-11,16H,6-8H2,(H,14,19)(H,17,18)/t10-,11+/m0/s1. The minimum absolute atomic E-state index is 0.279. The van der Waals surface area contributed by atoms with E-state index in [2.05, 4.69) is 5.32 Å². The molecule has 0 aliphatic carbocycles. The van der Waals surface area contributed by atoms with Gasteiger partial charge in [-0.1, -0.05) is 30.3 Å². The largest absolute Gasteiger partial charge is 0.480 e. The van der Waals surface area contributed by atoms with Crippen LogP contribution in [0.15, 0.2) is 30.3 Å². The Hall–Kier alpha value is -1.66. The van der Waals surface area contributed by atoms with E-state index >= 15 is 0 Å². The number of carbonyl (C=O) groups is 1.